The van der Waals surface area contributed by atoms with E-state index in [-0.39, 0.29) is 0 Å². The summed E-state index contributed by atoms with van der Waals surface area (Å²) in [7, 11) is 4.03. The average Bonchev–Trinajstić information content (AvgIpc) is 1.97. The maximum absolute atomic E-state index is 2.21. The summed E-state index contributed by atoms with van der Waals surface area (Å²) in [6, 6.07) is 0. The molecule has 0 spiro atoms. The molecular weight excluding hydrogens is 238 g/mol. The minimum absolute atomic E-state index is 1.03. The lowest BCUT2D eigenvalue weighted by atomic mass is 11.0. The lowest BCUT2D eigenvalue weighted by molar-refractivity contribution is 1.54. The topological polar surface area (TPSA) is 0 Å². The molecule has 0 heterocycles. The predicted molar refractivity (Wildman–Crippen MR) is 68.1 cm³/mol. The summed E-state index contributed by atoms with van der Waals surface area (Å²) in [5.41, 5.74) is 0. The number of hydrogen-bond acceptors (Lipinski definition) is 4. The fraction of sp³-hybridized carbons (Fsp3) is 1.00. The van der Waals surface area contributed by atoms with Gasteiger partial charge in [-0.3, -0.25) is 0 Å². The van der Waals surface area contributed by atoms with Crippen molar-refractivity contribution in [2.24, 2.45) is 0 Å². The third-order valence-electron chi connectivity index (χ3n) is 0.516. The molecule has 0 saturated heterocycles. The minimum Gasteiger partial charge on any atom is -0.126 e. The normalized spacial score (nSPS) is 12.6. The molecule has 2 atom stereocenters. The first-order chi connectivity index (χ1) is 4.91. The van der Waals surface area contributed by atoms with Crippen LogP contribution < -0.4 is 0 Å². The van der Waals surface area contributed by atoms with Gasteiger partial charge in [-0.05, 0) is 11.5 Å². The van der Waals surface area contributed by atoms with Gasteiger partial charge in [0.25, 0.3) is 0 Å². The first kappa shape index (κ1) is 12.3. The number of rotatable bonds is 7. The highest BCUT2D eigenvalue weighted by molar-refractivity contribution is 9.22. The first-order valence-corrected chi connectivity index (χ1v) is 12.0. The summed E-state index contributed by atoms with van der Waals surface area (Å²) in [5, 5.41) is 0. The fourth-order valence-electron chi connectivity index (χ4n) is 0.200. The number of hydrogen-bond donors (Lipinski definition) is 0. The standard InChI is InChI=1S/C4H12P2S4/c1-3-7-5-9-10-6-8-4-2/h5-6H,3-4H2,1-2H3. The van der Waals surface area contributed by atoms with Crippen LogP contribution in [0.3, 0.4) is 0 Å². The Morgan fingerprint density at radius 2 is 1.30 bits per heavy atom. The molecule has 0 fully saturated rings. The van der Waals surface area contributed by atoms with Crippen LogP contribution in [0.15, 0.2) is 0 Å². The Bertz CT molecular complexity index is 55.2. The van der Waals surface area contributed by atoms with Crippen LogP contribution in [-0.4, -0.2) is 11.5 Å². The zero-order chi connectivity index (χ0) is 7.66. The van der Waals surface area contributed by atoms with Gasteiger partial charge in [-0.25, -0.2) is 0 Å². The van der Waals surface area contributed by atoms with Crippen molar-refractivity contribution in [3.63, 3.8) is 0 Å². The molecule has 0 N–H and O–H groups in total. The maximum Gasteiger partial charge on any atom is 0.0103 e. The highest BCUT2D eigenvalue weighted by atomic mass is 33.6. The van der Waals surface area contributed by atoms with E-state index < -0.39 is 0 Å². The molecule has 0 radical (unpaired) electrons. The molecule has 0 aliphatic carbocycles. The van der Waals surface area contributed by atoms with E-state index in [1.807, 2.05) is 43.6 Å². The second-order valence-electron chi connectivity index (χ2n) is 1.20. The van der Waals surface area contributed by atoms with E-state index in [1.165, 1.54) is 11.5 Å². The van der Waals surface area contributed by atoms with E-state index in [1.54, 1.807) is 0 Å². The molecular formula is C4H12P2S4. The fourth-order valence-corrected chi connectivity index (χ4v) is 15.3. The molecule has 0 rings (SSSR count). The van der Waals surface area contributed by atoms with Crippen LogP contribution in [0.5, 0.6) is 0 Å². The van der Waals surface area contributed by atoms with Crippen molar-refractivity contribution in [2.75, 3.05) is 11.5 Å². The highest BCUT2D eigenvalue weighted by Gasteiger charge is 1.88. The quantitative estimate of drug-likeness (QED) is 0.358. The molecule has 6 heteroatoms. The van der Waals surface area contributed by atoms with Crippen molar-refractivity contribution in [3.05, 3.63) is 0 Å². The summed E-state index contributed by atoms with van der Waals surface area (Å²) in [6.45, 7) is 6.50. The van der Waals surface area contributed by atoms with Crippen molar-refractivity contribution in [2.45, 2.75) is 13.8 Å². The summed E-state index contributed by atoms with van der Waals surface area (Å²) in [4.78, 5) is 0. The lowest BCUT2D eigenvalue weighted by Gasteiger charge is -1.96. The molecule has 0 nitrogen and oxygen atoms in total. The molecule has 0 amide bonds. The molecule has 0 aromatic heterocycles. The van der Waals surface area contributed by atoms with E-state index in [4.69, 9.17) is 0 Å². The second kappa shape index (κ2) is 11.3. The molecule has 10 heavy (non-hydrogen) atoms. The van der Waals surface area contributed by atoms with Gasteiger partial charge < -0.3 is 0 Å². The van der Waals surface area contributed by atoms with E-state index in [9.17, 15) is 0 Å². The average molecular weight is 250 g/mol. The van der Waals surface area contributed by atoms with Gasteiger partial charge in [-0.15, -0.1) is 22.8 Å². The third-order valence-corrected chi connectivity index (χ3v) is 14.7. The van der Waals surface area contributed by atoms with Crippen LogP contribution in [0.1, 0.15) is 13.8 Å². The van der Waals surface area contributed by atoms with Gasteiger partial charge in [0.2, 0.25) is 0 Å². The minimum atomic E-state index is 1.03. The Hall–Kier alpha value is 2.26. The summed E-state index contributed by atoms with van der Waals surface area (Å²) < 4.78 is 0. The zero-order valence-corrected chi connectivity index (χ0v) is 11.3. The molecule has 0 aliphatic rings. The van der Waals surface area contributed by atoms with E-state index >= 15 is 0 Å². The molecule has 0 aromatic carbocycles. The Labute approximate surface area is 82.6 Å². The monoisotopic (exact) mass is 250 g/mol. The van der Waals surface area contributed by atoms with Crippen LogP contribution in [0.25, 0.3) is 0 Å². The summed E-state index contributed by atoms with van der Waals surface area (Å²) in [6.07, 6.45) is 0. The summed E-state index contributed by atoms with van der Waals surface area (Å²) >= 11 is 4.06. The van der Waals surface area contributed by atoms with Crippen molar-refractivity contribution >= 4 is 57.6 Å². The molecule has 0 aliphatic heterocycles. The van der Waals surface area contributed by atoms with Crippen LogP contribution in [0.2, 0.25) is 0 Å². The van der Waals surface area contributed by atoms with Gasteiger partial charge in [-0.2, -0.15) is 0 Å². The predicted octanol–water partition coefficient (Wildman–Crippen LogP) is 4.89. The smallest absolute Gasteiger partial charge is 0.0103 e. The van der Waals surface area contributed by atoms with Crippen LogP contribution in [0.4, 0.5) is 0 Å². The van der Waals surface area contributed by atoms with Gasteiger partial charge in [-0.1, -0.05) is 34.7 Å². The van der Waals surface area contributed by atoms with E-state index in [2.05, 4.69) is 13.8 Å². The Morgan fingerprint density at radius 3 is 1.60 bits per heavy atom. The second-order valence-corrected chi connectivity index (χ2v) is 13.3. The molecule has 62 valence electrons. The van der Waals surface area contributed by atoms with E-state index in [0.29, 0.717) is 0 Å². The van der Waals surface area contributed by atoms with Gasteiger partial charge in [0.15, 0.2) is 0 Å². The molecule has 2 unspecified atom stereocenters. The van der Waals surface area contributed by atoms with Crippen LogP contribution in [-0.2, 0) is 0 Å². The van der Waals surface area contributed by atoms with Gasteiger partial charge in [0, 0.05) is 14.0 Å². The molecule has 0 aromatic rings. The van der Waals surface area contributed by atoms with Gasteiger partial charge in [0.05, 0.1) is 0 Å². The first-order valence-electron chi connectivity index (χ1n) is 2.97. The van der Waals surface area contributed by atoms with Gasteiger partial charge >= 0.3 is 0 Å². The molecule has 0 bridgehead atoms. The van der Waals surface area contributed by atoms with Crippen LogP contribution >= 0.6 is 57.6 Å². The largest absolute Gasteiger partial charge is 0.126 e. The lowest BCUT2D eigenvalue weighted by Crippen LogP contribution is -1.49. The Balaban J connectivity index is 2.65. The third kappa shape index (κ3) is 10.3. The molecule has 0 saturated carbocycles. The zero-order valence-electron chi connectivity index (χ0n) is 6.05. The van der Waals surface area contributed by atoms with Crippen molar-refractivity contribution < 1.29 is 0 Å². The van der Waals surface area contributed by atoms with E-state index in [0.717, 1.165) is 14.0 Å². The Morgan fingerprint density at radius 1 is 0.900 bits per heavy atom. The summed E-state index contributed by atoms with van der Waals surface area (Å²) in [5.74, 6) is 2.52. The Kier molecular flexibility index (Phi) is 13.8. The van der Waals surface area contributed by atoms with Crippen molar-refractivity contribution in [3.8, 4) is 0 Å². The highest BCUT2D eigenvalue weighted by Crippen LogP contribution is 2.59. The van der Waals surface area contributed by atoms with Crippen molar-refractivity contribution in [1.82, 2.24) is 0 Å². The van der Waals surface area contributed by atoms with Crippen LogP contribution in [0, 0.1) is 0 Å². The SMILES string of the molecule is CCSPSSPSCC. The maximum atomic E-state index is 2.21. The van der Waals surface area contributed by atoms with Gasteiger partial charge in [0.1, 0.15) is 0 Å². The van der Waals surface area contributed by atoms with Crippen molar-refractivity contribution in [1.29, 1.82) is 0 Å².